The van der Waals surface area contributed by atoms with Gasteiger partial charge in [0, 0.05) is 29.2 Å². The highest BCUT2D eigenvalue weighted by Gasteiger charge is 2.64. The normalized spacial score (nSPS) is 31.6. The van der Waals surface area contributed by atoms with Crippen molar-refractivity contribution < 1.29 is 44.0 Å². The van der Waals surface area contributed by atoms with Crippen molar-refractivity contribution in [3.05, 3.63) is 39.4 Å². The van der Waals surface area contributed by atoms with Crippen LogP contribution in [0.15, 0.2) is 16.9 Å². The molecule has 0 spiro atoms. The van der Waals surface area contributed by atoms with E-state index in [0.717, 1.165) is 12.8 Å². The summed E-state index contributed by atoms with van der Waals surface area (Å²) in [4.78, 5) is 55.5. The van der Waals surface area contributed by atoms with Crippen molar-refractivity contribution in [2.24, 2.45) is 17.6 Å². The number of phenolic OH excluding ortho intramolecular Hbond substituents is 1. The maximum absolute atomic E-state index is 16.3. The monoisotopic (exact) mass is 570 g/mol. The number of likely N-dealkylation sites (N-methyl/N-ethyl adjacent to an activating group) is 1. The number of aliphatic hydroxyl groups is 3. The summed E-state index contributed by atoms with van der Waals surface area (Å²) in [5.41, 5.74) is 0.674. The molecule has 2 aliphatic heterocycles. The number of halogens is 1. The first-order valence-electron chi connectivity index (χ1n) is 13.6. The zero-order chi connectivity index (χ0) is 29.7. The second-order valence-electron chi connectivity index (χ2n) is 11.8. The van der Waals surface area contributed by atoms with Gasteiger partial charge in [-0.25, -0.2) is 4.39 Å². The van der Waals surface area contributed by atoms with E-state index < -0.39 is 87.1 Å². The molecule has 5 atom stereocenters. The van der Waals surface area contributed by atoms with Crippen LogP contribution in [0.5, 0.6) is 5.75 Å². The van der Waals surface area contributed by atoms with Crippen molar-refractivity contribution >= 4 is 34.8 Å². The number of aromatic hydroxyl groups is 1. The Kier molecular flexibility index (Phi) is 6.07. The fourth-order valence-electron chi connectivity index (χ4n) is 7.56. The number of Topliss-reactive ketones (excluding diaryl/α,β-unsaturated/α-hetero) is 2. The Balaban J connectivity index is 1.54. The highest BCUT2D eigenvalue weighted by atomic mass is 19.1. The second-order valence-corrected chi connectivity index (χ2v) is 11.8. The number of rotatable bonds is 2. The minimum atomic E-state index is -2.79. The van der Waals surface area contributed by atoms with Crippen molar-refractivity contribution in [3.8, 4) is 5.75 Å². The summed E-state index contributed by atoms with van der Waals surface area (Å²) in [6, 6.07) is -1.74. The summed E-state index contributed by atoms with van der Waals surface area (Å²) < 4.78 is 16.3. The highest BCUT2D eigenvalue weighted by molar-refractivity contribution is 6.24. The number of hydrogen-bond acceptors (Lipinski definition) is 10. The van der Waals surface area contributed by atoms with Crippen molar-refractivity contribution in [2.75, 3.05) is 26.0 Å². The molecule has 7 N–H and O–H groups in total. The van der Waals surface area contributed by atoms with Crippen molar-refractivity contribution in [1.82, 2.24) is 9.80 Å². The van der Waals surface area contributed by atoms with E-state index in [4.69, 9.17) is 5.73 Å². The van der Waals surface area contributed by atoms with Crippen LogP contribution in [-0.2, 0) is 32.1 Å². The number of anilines is 1. The molecule has 2 fully saturated rings. The molecule has 5 aliphatic rings. The van der Waals surface area contributed by atoms with Gasteiger partial charge in [-0.15, -0.1) is 0 Å². The van der Waals surface area contributed by atoms with Crippen LogP contribution in [-0.4, -0.2) is 91.9 Å². The molecular formula is C28H31FN4O8. The highest BCUT2D eigenvalue weighted by Crippen LogP contribution is 2.54. The number of ketones is 2. The van der Waals surface area contributed by atoms with E-state index in [1.165, 1.54) is 19.0 Å². The van der Waals surface area contributed by atoms with Crippen LogP contribution in [0.4, 0.5) is 10.1 Å². The first-order chi connectivity index (χ1) is 19.3. The van der Waals surface area contributed by atoms with Crippen LogP contribution in [0.1, 0.15) is 42.4 Å². The Morgan fingerprint density at radius 3 is 2.51 bits per heavy atom. The molecule has 13 heteroatoms. The molecule has 0 aromatic heterocycles. The molecule has 218 valence electrons. The van der Waals surface area contributed by atoms with Crippen LogP contribution in [0, 0.1) is 17.7 Å². The summed E-state index contributed by atoms with van der Waals surface area (Å²) in [6.45, 7) is 0.631. The van der Waals surface area contributed by atoms with Gasteiger partial charge in [-0.05, 0) is 52.2 Å². The number of benzene rings is 1. The third-order valence-corrected chi connectivity index (χ3v) is 9.45. The standard InChI is InChI=1S/C28H31FN4O8/c1-32(2)20-13-8-10-7-11-16(21(34)15(10)24(37)28(13,41)25(38)17(23(20)36)26(30)39)22(35)19-12(18(11)29)9-33-6-4-3-5-14(33)27(40)31-19/h10,13-14,20,34-35,38,41H,3-9H2,1-2H3,(H2,30,39)(H,31,40)/t10-,13-,14+,20-,28-/m0/s1. The molecule has 1 saturated carbocycles. The summed E-state index contributed by atoms with van der Waals surface area (Å²) in [5, 5.41) is 47.9. The Hall–Kier alpha value is -3.81. The summed E-state index contributed by atoms with van der Waals surface area (Å²) in [6.07, 6.45) is 1.92. The number of phenols is 1. The van der Waals surface area contributed by atoms with Crippen LogP contribution in [0.2, 0.25) is 0 Å². The van der Waals surface area contributed by atoms with Gasteiger partial charge in [-0.2, -0.15) is 0 Å². The number of fused-ring (bicyclic) bond motifs is 5. The molecule has 41 heavy (non-hydrogen) atoms. The number of hydrogen-bond donors (Lipinski definition) is 6. The Morgan fingerprint density at radius 1 is 1.15 bits per heavy atom. The summed E-state index contributed by atoms with van der Waals surface area (Å²) in [7, 11) is 3.01. The van der Waals surface area contributed by atoms with E-state index in [2.05, 4.69) is 5.32 Å². The van der Waals surface area contributed by atoms with E-state index in [1.54, 1.807) is 0 Å². The van der Waals surface area contributed by atoms with Crippen molar-refractivity contribution in [3.63, 3.8) is 0 Å². The number of amides is 2. The quantitative estimate of drug-likeness (QED) is 0.214. The second kappa shape index (κ2) is 9.10. The number of nitrogens with two attached hydrogens (primary N) is 1. The number of primary amides is 1. The third-order valence-electron chi connectivity index (χ3n) is 9.45. The minimum absolute atomic E-state index is 0.0560. The third kappa shape index (κ3) is 3.55. The lowest BCUT2D eigenvalue weighted by Crippen LogP contribution is -2.65. The van der Waals surface area contributed by atoms with Gasteiger partial charge in [0.05, 0.1) is 23.3 Å². The minimum Gasteiger partial charge on any atom is -0.508 e. The van der Waals surface area contributed by atoms with Crippen LogP contribution in [0.3, 0.4) is 0 Å². The Labute approximate surface area is 233 Å². The Bertz CT molecular complexity index is 1520. The maximum Gasteiger partial charge on any atom is 0.255 e. The average Bonchev–Trinajstić information content (AvgIpc) is 3.05. The molecule has 6 rings (SSSR count). The summed E-state index contributed by atoms with van der Waals surface area (Å²) in [5.74, 6) is -9.31. The number of carbonyl (C=O) groups excluding carboxylic acids is 4. The average molecular weight is 571 g/mol. The van der Waals surface area contributed by atoms with E-state index in [1.807, 2.05) is 4.90 Å². The lowest BCUT2D eigenvalue weighted by atomic mass is 9.57. The lowest BCUT2D eigenvalue weighted by molar-refractivity contribution is -0.153. The molecule has 1 aromatic carbocycles. The molecule has 2 amide bonds. The number of aliphatic hydroxyl groups excluding tert-OH is 2. The summed E-state index contributed by atoms with van der Waals surface area (Å²) >= 11 is 0. The van der Waals surface area contributed by atoms with Crippen LogP contribution >= 0.6 is 0 Å². The predicted molar refractivity (Wildman–Crippen MR) is 141 cm³/mol. The van der Waals surface area contributed by atoms with Gasteiger partial charge in [0.2, 0.25) is 11.7 Å². The van der Waals surface area contributed by atoms with Crippen molar-refractivity contribution in [1.29, 1.82) is 0 Å². The van der Waals surface area contributed by atoms with Gasteiger partial charge >= 0.3 is 0 Å². The van der Waals surface area contributed by atoms with E-state index in [-0.39, 0.29) is 41.8 Å². The van der Waals surface area contributed by atoms with Gasteiger partial charge in [-0.1, -0.05) is 6.42 Å². The van der Waals surface area contributed by atoms with Gasteiger partial charge < -0.3 is 31.5 Å². The first-order valence-corrected chi connectivity index (χ1v) is 13.6. The van der Waals surface area contributed by atoms with Gasteiger partial charge in [0.25, 0.3) is 5.91 Å². The van der Waals surface area contributed by atoms with Crippen LogP contribution < -0.4 is 11.1 Å². The number of nitrogens with one attached hydrogen (secondary N) is 1. The molecule has 3 aliphatic carbocycles. The fraction of sp³-hybridized carbons (Fsp3) is 0.500. The van der Waals surface area contributed by atoms with Crippen molar-refractivity contribution in [2.45, 2.75) is 56.3 Å². The molecule has 12 nitrogen and oxygen atoms in total. The number of piperidine rings is 1. The zero-order valence-corrected chi connectivity index (χ0v) is 22.5. The van der Waals surface area contributed by atoms with Gasteiger partial charge in [0.15, 0.2) is 17.1 Å². The number of nitrogens with zero attached hydrogens (tertiary/aromatic N) is 2. The molecule has 1 aromatic rings. The lowest BCUT2D eigenvalue weighted by Gasteiger charge is -2.50. The molecule has 2 heterocycles. The molecule has 0 bridgehead atoms. The predicted octanol–water partition coefficient (Wildman–Crippen LogP) is 0.410. The molecule has 0 radical (unpaired) electrons. The molecule has 0 unspecified atom stereocenters. The fourth-order valence-corrected chi connectivity index (χ4v) is 7.56. The van der Waals surface area contributed by atoms with Gasteiger partial charge in [-0.3, -0.25) is 29.0 Å². The van der Waals surface area contributed by atoms with E-state index in [9.17, 15) is 39.6 Å². The van der Waals surface area contributed by atoms with E-state index >= 15 is 4.39 Å². The first kappa shape index (κ1) is 27.4. The zero-order valence-electron chi connectivity index (χ0n) is 22.5. The van der Waals surface area contributed by atoms with Crippen LogP contribution in [0.25, 0.3) is 5.76 Å². The smallest absolute Gasteiger partial charge is 0.255 e. The maximum atomic E-state index is 16.3. The molecule has 1 saturated heterocycles. The molecular weight excluding hydrogens is 539 g/mol. The Morgan fingerprint density at radius 2 is 1.85 bits per heavy atom. The van der Waals surface area contributed by atoms with Gasteiger partial charge in [0.1, 0.15) is 22.9 Å². The largest absolute Gasteiger partial charge is 0.508 e. The SMILES string of the molecule is CN(C)[C@@H]1C(=O)C(C(N)=O)=C(O)[C@@]2(O)C(=O)C3=C(O)c4c(O)c5c(c(F)c4C[C@H]3C[C@@H]12)CN1CCCC[C@@H]1C(=O)N5. The number of carbonyl (C=O) groups is 4. The van der Waals surface area contributed by atoms with E-state index in [0.29, 0.717) is 13.0 Å². The topological polar surface area (TPSA) is 194 Å².